The first-order valence-electron chi connectivity index (χ1n) is 9.66. The smallest absolute Gasteiger partial charge is 0.0195 e. The number of nitrogens with one attached hydrogen (secondary N) is 1. The molecule has 2 aliphatic rings. The molecule has 2 nitrogen and oxygen atoms in total. The normalized spacial score (nSPS) is 23.3. The highest BCUT2D eigenvalue weighted by atomic mass is 15.2. The van der Waals surface area contributed by atoms with Gasteiger partial charge in [-0.25, -0.2) is 0 Å². The Kier molecular flexibility index (Phi) is 7.53. The first-order chi connectivity index (χ1) is 10.2. The molecular weight excluding hydrogens is 256 g/mol. The molecule has 0 aromatic heterocycles. The molecule has 0 aliphatic heterocycles. The van der Waals surface area contributed by atoms with Gasteiger partial charge in [0.05, 0.1) is 0 Å². The van der Waals surface area contributed by atoms with Gasteiger partial charge in [0, 0.05) is 24.7 Å². The summed E-state index contributed by atoms with van der Waals surface area (Å²) in [6, 6.07) is 2.37. The molecule has 0 amide bonds. The minimum absolute atomic E-state index is 0.703. The highest BCUT2D eigenvalue weighted by molar-refractivity contribution is 4.83. The van der Waals surface area contributed by atoms with E-state index in [9.17, 15) is 0 Å². The summed E-state index contributed by atoms with van der Waals surface area (Å²) in [6.45, 7) is 9.67. The lowest BCUT2D eigenvalue weighted by Gasteiger charge is -2.36. The van der Waals surface area contributed by atoms with Gasteiger partial charge < -0.3 is 5.32 Å². The Balaban J connectivity index is 1.79. The molecule has 0 spiro atoms. The second kappa shape index (κ2) is 9.15. The molecule has 1 N–H and O–H groups in total. The second-order valence-corrected chi connectivity index (χ2v) is 7.95. The lowest BCUT2D eigenvalue weighted by atomic mass is 9.95. The van der Waals surface area contributed by atoms with E-state index in [0.717, 1.165) is 18.0 Å². The summed E-state index contributed by atoms with van der Waals surface area (Å²) in [6.07, 6.45) is 14.3. The van der Waals surface area contributed by atoms with Gasteiger partial charge in [-0.3, -0.25) is 4.90 Å². The minimum atomic E-state index is 0.703. The Morgan fingerprint density at radius 1 is 0.905 bits per heavy atom. The van der Waals surface area contributed by atoms with Crippen molar-refractivity contribution in [1.29, 1.82) is 0 Å². The van der Waals surface area contributed by atoms with Gasteiger partial charge in [-0.15, -0.1) is 0 Å². The van der Waals surface area contributed by atoms with Gasteiger partial charge in [-0.1, -0.05) is 46.0 Å². The van der Waals surface area contributed by atoms with Crippen LogP contribution in [0.2, 0.25) is 0 Å². The molecule has 2 rings (SSSR count). The summed E-state index contributed by atoms with van der Waals surface area (Å²) in [5, 5.41) is 3.87. The second-order valence-electron chi connectivity index (χ2n) is 7.95. The van der Waals surface area contributed by atoms with Gasteiger partial charge in [0.25, 0.3) is 0 Å². The number of nitrogens with zero attached hydrogens (tertiary/aromatic N) is 1. The van der Waals surface area contributed by atoms with Crippen molar-refractivity contribution in [2.75, 3.05) is 13.1 Å². The van der Waals surface area contributed by atoms with E-state index in [1.807, 2.05) is 0 Å². The summed E-state index contributed by atoms with van der Waals surface area (Å²) >= 11 is 0. The highest BCUT2D eigenvalue weighted by Crippen LogP contribution is 2.26. The maximum absolute atomic E-state index is 3.87. The molecule has 1 atom stereocenters. The zero-order chi connectivity index (χ0) is 15.1. The molecule has 0 saturated heterocycles. The van der Waals surface area contributed by atoms with Crippen molar-refractivity contribution < 1.29 is 0 Å². The Morgan fingerprint density at radius 3 is 2.14 bits per heavy atom. The number of rotatable bonds is 8. The summed E-state index contributed by atoms with van der Waals surface area (Å²) in [5.41, 5.74) is 0. The topological polar surface area (TPSA) is 15.3 Å². The van der Waals surface area contributed by atoms with Crippen molar-refractivity contribution in [2.24, 2.45) is 5.92 Å². The van der Waals surface area contributed by atoms with Gasteiger partial charge in [-0.2, -0.15) is 0 Å². The highest BCUT2D eigenvalue weighted by Gasteiger charge is 2.26. The molecule has 124 valence electrons. The molecule has 2 heteroatoms. The molecular formula is C19H38N2. The molecule has 0 aromatic rings. The third-order valence-corrected chi connectivity index (χ3v) is 5.63. The third-order valence-electron chi connectivity index (χ3n) is 5.63. The van der Waals surface area contributed by atoms with Gasteiger partial charge in [0.1, 0.15) is 0 Å². The maximum atomic E-state index is 3.87. The molecule has 2 aliphatic carbocycles. The van der Waals surface area contributed by atoms with Crippen molar-refractivity contribution in [3.05, 3.63) is 0 Å². The maximum Gasteiger partial charge on any atom is 0.0195 e. The minimum Gasteiger partial charge on any atom is -0.312 e. The fourth-order valence-corrected chi connectivity index (χ4v) is 4.17. The fraction of sp³-hybridized carbons (Fsp3) is 1.00. The van der Waals surface area contributed by atoms with Crippen LogP contribution in [0, 0.1) is 5.92 Å². The van der Waals surface area contributed by atoms with Crippen molar-refractivity contribution >= 4 is 0 Å². The zero-order valence-corrected chi connectivity index (χ0v) is 14.7. The molecule has 1 unspecified atom stereocenters. The first-order valence-corrected chi connectivity index (χ1v) is 9.66. The van der Waals surface area contributed by atoms with Gasteiger partial charge in [0.15, 0.2) is 0 Å². The fourth-order valence-electron chi connectivity index (χ4n) is 4.17. The van der Waals surface area contributed by atoms with E-state index in [2.05, 4.69) is 31.0 Å². The predicted molar refractivity (Wildman–Crippen MR) is 92.8 cm³/mol. The van der Waals surface area contributed by atoms with Crippen LogP contribution in [0.1, 0.15) is 85.0 Å². The van der Waals surface area contributed by atoms with Crippen molar-refractivity contribution in [2.45, 2.75) is 103 Å². The Bertz CT molecular complexity index is 265. The largest absolute Gasteiger partial charge is 0.312 e. The average molecular weight is 295 g/mol. The van der Waals surface area contributed by atoms with Crippen LogP contribution in [0.4, 0.5) is 0 Å². The standard InChI is InChI=1S/C19H38N2/c1-16(2)13-14-21(19-11-7-8-12-19)17(3)15-20-18-9-5-4-6-10-18/h16-20H,4-15H2,1-3H3. The third kappa shape index (κ3) is 5.90. The number of hydrogen-bond acceptors (Lipinski definition) is 2. The van der Waals surface area contributed by atoms with Crippen LogP contribution in [-0.4, -0.2) is 36.1 Å². The molecule has 2 fully saturated rings. The van der Waals surface area contributed by atoms with Crippen LogP contribution >= 0.6 is 0 Å². The monoisotopic (exact) mass is 294 g/mol. The SMILES string of the molecule is CC(C)CCN(C(C)CNC1CCCCC1)C1CCCC1. The van der Waals surface area contributed by atoms with E-state index in [-0.39, 0.29) is 0 Å². The van der Waals surface area contributed by atoms with E-state index in [1.54, 1.807) is 0 Å². The van der Waals surface area contributed by atoms with Crippen LogP contribution in [0.25, 0.3) is 0 Å². The van der Waals surface area contributed by atoms with Crippen molar-refractivity contribution in [3.8, 4) is 0 Å². The summed E-state index contributed by atoms with van der Waals surface area (Å²) < 4.78 is 0. The van der Waals surface area contributed by atoms with Crippen LogP contribution in [0.3, 0.4) is 0 Å². The Morgan fingerprint density at radius 2 is 1.52 bits per heavy atom. The summed E-state index contributed by atoms with van der Waals surface area (Å²) in [4.78, 5) is 2.84. The molecule has 21 heavy (non-hydrogen) atoms. The van der Waals surface area contributed by atoms with Crippen LogP contribution in [-0.2, 0) is 0 Å². The van der Waals surface area contributed by atoms with E-state index in [0.29, 0.717) is 6.04 Å². The lowest BCUT2D eigenvalue weighted by Crippen LogP contribution is -2.48. The molecule has 0 bridgehead atoms. The van der Waals surface area contributed by atoms with Crippen LogP contribution in [0.15, 0.2) is 0 Å². The predicted octanol–water partition coefficient (Wildman–Crippen LogP) is 4.59. The zero-order valence-electron chi connectivity index (χ0n) is 14.7. The number of hydrogen-bond donors (Lipinski definition) is 1. The molecule has 0 aromatic carbocycles. The summed E-state index contributed by atoms with van der Waals surface area (Å²) in [5.74, 6) is 0.826. The van der Waals surface area contributed by atoms with E-state index in [1.165, 1.54) is 77.3 Å². The van der Waals surface area contributed by atoms with Crippen molar-refractivity contribution in [3.63, 3.8) is 0 Å². The lowest BCUT2D eigenvalue weighted by molar-refractivity contribution is 0.131. The van der Waals surface area contributed by atoms with Crippen LogP contribution in [0.5, 0.6) is 0 Å². The summed E-state index contributed by atoms with van der Waals surface area (Å²) in [7, 11) is 0. The van der Waals surface area contributed by atoms with E-state index in [4.69, 9.17) is 0 Å². The van der Waals surface area contributed by atoms with E-state index < -0.39 is 0 Å². The van der Waals surface area contributed by atoms with E-state index >= 15 is 0 Å². The Labute approximate surface area is 133 Å². The Hall–Kier alpha value is -0.0800. The van der Waals surface area contributed by atoms with Crippen molar-refractivity contribution in [1.82, 2.24) is 10.2 Å². The van der Waals surface area contributed by atoms with Gasteiger partial charge in [-0.05, 0) is 51.5 Å². The first kappa shape index (κ1) is 17.3. The molecule has 0 radical (unpaired) electrons. The average Bonchev–Trinajstić information content (AvgIpc) is 3.00. The molecule has 0 heterocycles. The van der Waals surface area contributed by atoms with Gasteiger partial charge >= 0.3 is 0 Å². The van der Waals surface area contributed by atoms with Gasteiger partial charge in [0.2, 0.25) is 0 Å². The quantitative estimate of drug-likeness (QED) is 0.704. The molecule has 2 saturated carbocycles. The van der Waals surface area contributed by atoms with Crippen LogP contribution < -0.4 is 5.32 Å².